The molecule has 0 aliphatic carbocycles. The number of aromatic amines is 1. The van der Waals surface area contributed by atoms with Gasteiger partial charge in [0.25, 0.3) is 11.8 Å². The Morgan fingerprint density at radius 3 is 2.87 bits per heavy atom. The summed E-state index contributed by atoms with van der Waals surface area (Å²) in [4.78, 5) is 43.3. The molecule has 0 atom stereocenters. The van der Waals surface area contributed by atoms with Crippen LogP contribution in [0.3, 0.4) is 0 Å². The highest BCUT2D eigenvalue weighted by atomic mass is 32.2. The lowest BCUT2D eigenvalue weighted by Gasteiger charge is -2.21. The Bertz CT molecular complexity index is 1600. The second-order valence-electron chi connectivity index (χ2n) is 7.93. The summed E-state index contributed by atoms with van der Waals surface area (Å²) >= 11 is 1.82. The molecule has 5 N–H and O–H groups in total. The molecule has 13 nitrogen and oxygen atoms in total. The molecule has 2 aromatic heterocycles. The number of fused-ring (bicyclic) bond motifs is 1. The van der Waals surface area contributed by atoms with Crippen molar-refractivity contribution in [2.45, 2.75) is 18.0 Å². The van der Waals surface area contributed by atoms with Gasteiger partial charge in [-0.2, -0.15) is 4.68 Å². The van der Waals surface area contributed by atoms with Crippen molar-refractivity contribution in [3.05, 3.63) is 74.0 Å². The van der Waals surface area contributed by atoms with E-state index in [0.29, 0.717) is 22.8 Å². The van der Waals surface area contributed by atoms with Gasteiger partial charge in [0.05, 0.1) is 36.2 Å². The molecule has 3 heterocycles. The summed E-state index contributed by atoms with van der Waals surface area (Å²) in [5, 5.41) is 7.23. The van der Waals surface area contributed by atoms with Crippen LogP contribution in [-0.4, -0.2) is 45.5 Å². The lowest BCUT2D eigenvalue weighted by atomic mass is 10.1. The zero-order chi connectivity index (χ0) is 27.5. The van der Waals surface area contributed by atoms with Gasteiger partial charge in [-0.25, -0.2) is 14.2 Å². The predicted octanol–water partition coefficient (Wildman–Crippen LogP) is 2.18. The number of methoxy groups -OCH3 is 1. The topological polar surface area (TPSA) is 175 Å². The summed E-state index contributed by atoms with van der Waals surface area (Å²) in [5.41, 5.74) is 7.35. The van der Waals surface area contributed by atoms with E-state index in [2.05, 4.69) is 25.1 Å². The molecule has 4 aromatic rings. The maximum absolute atomic E-state index is 14.9. The van der Waals surface area contributed by atoms with Crippen molar-refractivity contribution in [1.29, 1.82) is 0 Å². The van der Waals surface area contributed by atoms with Gasteiger partial charge in [-0.15, -0.1) is 16.4 Å². The number of nitrogens with one attached hydrogen (secondary N) is 3. The number of hydrogen-bond donors (Lipinski definition) is 4. The number of benzene rings is 2. The summed E-state index contributed by atoms with van der Waals surface area (Å²) in [7, 11) is 1.44. The highest BCUT2D eigenvalue weighted by molar-refractivity contribution is 7.98. The molecule has 0 spiro atoms. The molecule has 5 rings (SSSR count). The smallest absolute Gasteiger partial charge is 0.349 e. The molecule has 202 valence electrons. The van der Waals surface area contributed by atoms with E-state index in [4.69, 9.17) is 19.9 Å². The highest BCUT2D eigenvalue weighted by Gasteiger charge is 2.24. The Hall–Kier alpha value is -4.41. The first-order valence-electron chi connectivity index (χ1n) is 11.2. The van der Waals surface area contributed by atoms with Gasteiger partial charge in [-0.1, -0.05) is 0 Å². The third-order valence-corrected chi connectivity index (χ3v) is 7.13. The minimum Gasteiger partial charge on any atom is -0.493 e. The molecule has 1 aliphatic rings. The molecule has 1 aliphatic heterocycles. The van der Waals surface area contributed by atoms with Crippen LogP contribution in [0, 0.1) is 5.82 Å². The number of amides is 2. The van der Waals surface area contributed by atoms with Gasteiger partial charge in [-0.3, -0.25) is 19.3 Å². The zero-order valence-electron chi connectivity index (χ0n) is 20.1. The van der Waals surface area contributed by atoms with Gasteiger partial charge in [0, 0.05) is 17.3 Å². The summed E-state index contributed by atoms with van der Waals surface area (Å²) in [5.74, 6) is -0.726. The van der Waals surface area contributed by atoms with Crippen LogP contribution in [0.25, 0.3) is 5.82 Å². The van der Waals surface area contributed by atoms with Gasteiger partial charge in [0.1, 0.15) is 10.7 Å². The monoisotopic (exact) mass is 573 g/mol. The van der Waals surface area contributed by atoms with Crippen LogP contribution in [0.5, 0.6) is 11.5 Å². The fourth-order valence-corrected chi connectivity index (χ4v) is 4.96. The number of ether oxygens (including phenoxy) is 3. The molecule has 16 heteroatoms. The van der Waals surface area contributed by atoms with Crippen molar-refractivity contribution in [3.8, 4) is 17.3 Å². The number of halogens is 1. The highest BCUT2D eigenvalue weighted by Crippen LogP contribution is 2.40. The van der Waals surface area contributed by atoms with Crippen molar-refractivity contribution < 1.29 is 28.2 Å². The minimum absolute atomic E-state index is 0.00244. The van der Waals surface area contributed by atoms with Crippen LogP contribution >= 0.6 is 23.3 Å². The number of anilines is 1. The van der Waals surface area contributed by atoms with Crippen molar-refractivity contribution >= 4 is 40.8 Å². The number of hydrogen-bond acceptors (Lipinski definition) is 11. The number of carbonyl (C=O) groups excluding carboxylic acids is 2. The molecule has 39 heavy (non-hydrogen) atoms. The summed E-state index contributed by atoms with van der Waals surface area (Å²) in [6, 6.07) is 7.94. The van der Waals surface area contributed by atoms with Gasteiger partial charge >= 0.3 is 5.69 Å². The number of carbonyl (C=O) groups is 2. The number of nitrogens with zero attached hydrogens (tertiary/aromatic N) is 3. The number of nitrogens with two attached hydrogens (primary N) is 1. The Labute approximate surface area is 227 Å². The van der Waals surface area contributed by atoms with E-state index < -0.39 is 23.3 Å². The van der Waals surface area contributed by atoms with Gasteiger partial charge in [0.15, 0.2) is 29.9 Å². The normalized spacial score (nSPS) is 12.4. The number of rotatable bonds is 9. The molecule has 0 unspecified atom stereocenters. The zero-order valence-corrected chi connectivity index (χ0v) is 21.8. The quantitative estimate of drug-likeness (QED) is 0.217. The standard InChI is InChI=1S/C23H20FN7O6S2/c1-35-14-6-15(17(24)13-8-36-10-37-18(13)14)39-30-22(33)11-2-4-12(5-3-11)26-7-16-28-23(34)31(29-16)21-19(20(25)32)38-9-27-21/h2-6,9,26H,7-8,10H2,1H3,(H2,25,32)(H,30,33)(H,28,29,34). The third-order valence-electron chi connectivity index (χ3n) is 5.49. The van der Waals surface area contributed by atoms with Crippen LogP contribution in [0.1, 0.15) is 31.4 Å². The fraction of sp³-hybridized carbons (Fsp3) is 0.174. The second-order valence-corrected chi connectivity index (χ2v) is 9.63. The molecule has 0 radical (unpaired) electrons. The number of thiazole rings is 1. The lowest BCUT2D eigenvalue weighted by molar-refractivity contribution is -0.0202. The average molecular weight is 574 g/mol. The number of aromatic nitrogens is 4. The number of H-pyrrole nitrogens is 1. The van der Waals surface area contributed by atoms with E-state index in [1.807, 2.05) is 0 Å². The largest absolute Gasteiger partial charge is 0.493 e. The second kappa shape index (κ2) is 11.1. The first-order chi connectivity index (χ1) is 18.9. The van der Waals surface area contributed by atoms with E-state index in [-0.39, 0.29) is 46.8 Å². The van der Waals surface area contributed by atoms with Crippen LogP contribution in [-0.2, 0) is 17.9 Å². The van der Waals surface area contributed by atoms with Crippen molar-refractivity contribution in [3.63, 3.8) is 0 Å². The number of primary amides is 1. The molecule has 0 saturated carbocycles. The predicted molar refractivity (Wildman–Crippen MR) is 139 cm³/mol. The van der Waals surface area contributed by atoms with Crippen molar-refractivity contribution in [1.82, 2.24) is 24.5 Å². The summed E-state index contributed by atoms with van der Waals surface area (Å²) < 4.78 is 34.3. The van der Waals surface area contributed by atoms with Crippen LogP contribution in [0.4, 0.5) is 10.1 Å². The minimum atomic E-state index is -0.707. The van der Waals surface area contributed by atoms with Crippen molar-refractivity contribution in [2.24, 2.45) is 5.73 Å². The van der Waals surface area contributed by atoms with Gasteiger partial charge < -0.3 is 25.3 Å². The summed E-state index contributed by atoms with van der Waals surface area (Å²) in [6.45, 7) is 0.177. The van der Waals surface area contributed by atoms with Crippen LogP contribution in [0.2, 0.25) is 0 Å². The van der Waals surface area contributed by atoms with Gasteiger partial charge in [0.2, 0.25) is 0 Å². The SMILES string of the molecule is COc1cc(SNC(=O)c2ccc(NCc3nn(-c4ncsc4C(N)=O)c(=O)[nH]3)cc2)c(F)c2c1OCOC2. The van der Waals surface area contributed by atoms with E-state index in [0.717, 1.165) is 28.0 Å². The molecule has 0 bridgehead atoms. The van der Waals surface area contributed by atoms with E-state index in [1.54, 1.807) is 24.3 Å². The van der Waals surface area contributed by atoms with E-state index in [1.165, 1.54) is 18.7 Å². The van der Waals surface area contributed by atoms with Crippen LogP contribution in [0.15, 0.2) is 45.5 Å². The Kier molecular flexibility index (Phi) is 7.49. The maximum Gasteiger partial charge on any atom is 0.349 e. The first-order valence-corrected chi connectivity index (χ1v) is 12.9. The third kappa shape index (κ3) is 5.43. The molecule has 0 saturated heterocycles. The lowest BCUT2D eigenvalue weighted by Crippen LogP contribution is -2.20. The van der Waals surface area contributed by atoms with Crippen LogP contribution < -0.4 is 30.9 Å². The molecule has 2 amide bonds. The molecule has 2 aromatic carbocycles. The Morgan fingerprint density at radius 2 is 2.13 bits per heavy atom. The Balaban J connectivity index is 1.20. The Morgan fingerprint density at radius 1 is 1.33 bits per heavy atom. The van der Waals surface area contributed by atoms with Gasteiger partial charge in [-0.05, 0) is 36.2 Å². The maximum atomic E-state index is 14.9. The first kappa shape index (κ1) is 26.2. The van der Waals surface area contributed by atoms with Crippen molar-refractivity contribution in [2.75, 3.05) is 19.2 Å². The van der Waals surface area contributed by atoms with E-state index in [9.17, 15) is 18.8 Å². The average Bonchev–Trinajstić information content (AvgIpc) is 3.58. The fourth-order valence-electron chi connectivity index (χ4n) is 3.64. The summed E-state index contributed by atoms with van der Waals surface area (Å²) in [6.07, 6.45) is 0. The molecule has 0 fully saturated rings. The molecular formula is C23H20FN7O6S2. The van der Waals surface area contributed by atoms with E-state index >= 15 is 0 Å². The molecular weight excluding hydrogens is 553 g/mol.